The van der Waals surface area contributed by atoms with Gasteiger partial charge in [-0.15, -0.1) is 0 Å². The molecule has 10 nitrogen and oxygen atoms in total. The number of unbranched alkanes of at least 4 members (excludes halogenated alkanes) is 31. The molecule has 0 rings (SSSR count). The van der Waals surface area contributed by atoms with E-state index in [0.717, 1.165) is 77.3 Å². The first-order chi connectivity index (χ1) is 31.6. The summed E-state index contributed by atoms with van der Waals surface area (Å²) >= 11 is 0. The number of nitrogens with zero attached hydrogens (tertiary/aromatic N) is 3. The van der Waals surface area contributed by atoms with E-state index >= 15 is 0 Å². The van der Waals surface area contributed by atoms with Gasteiger partial charge in [-0.25, -0.2) is 0 Å². The summed E-state index contributed by atoms with van der Waals surface area (Å²) in [6.07, 6.45) is 45.7. The fourth-order valence-corrected chi connectivity index (χ4v) is 9.35. The van der Waals surface area contributed by atoms with Gasteiger partial charge in [-0.1, -0.05) is 200 Å². The zero-order valence-corrected chi connectivity index (χ0v) is 44.6. The second-order valence-corrected chi connectivity index (χ2v) is 21.6. The Morgan fingerprint density at radius 2 is 0.631 bits per heavy atom. The minimum atomic E-state index is -3.98. The van der Waals surface area contributed by atoms with Gasteiger partial charge in [0.05, 0.1) is 6.16 Å². The molecule has 0 heterocycles. The number of hydrogen-bond donors (Lipinski definition) is 2. The molecule has 0 unspecified atom stereocenters. The van der Waals surface area contributed by atoms with E-state index in [2.05, 4.69) is 42.6 Å². The molecule has 388 valence electrons. The minimum Gasteiger partial charge on any atom is -0.462 e. The molecule has 0 fully saturated rings. The SMILES string of the molecule is CCCCCCCCCCCCN(CCCCCCCCCCC(=O)OCCOC(=O)CCCCCCCCCN(CCCCCCCCCCCC)CCP(=O)(O)O)CCCN(C)C. The lowest BCUT2D eigenvalue weighted by atomic mass is 10.1. The van der Waals surface area contributed by atoms with E-state index in [1.165, 1.54) is 193 Å². The highest BCUT2D eigenvalue weighted by Crippen LogP contribution is 2.33. The lowest BCUT2D eigenvalue weighted by Gasteiger charge is -2.23. The third-order valence-corrected chi connectivity index (χ3v) is 13.8. The zero-order valence-electron chi connectivity index (χ0n) is 43.7. The smallest absolute Gasteiger partial charge is 0.326 e. The average molecular weight is 944 g/mol. The van der Waals surface area contributed by atoms with Crippen molar-refractivity contribution >= 4 is 19.5 Å². The van der Waals surface area contributed by atoms with Gasteiger partial charge in [-0.2, -0.15) is 0 Å². The van der Waals surface area contributed by atoms with Gasteiger partial charge in [0.15, 0.2) is 0 Å². The van der Waals surface area contributed by atoms with E-state index in [0.29, 0.717) is 19.4 Å². The molecule has 2 N–H and O–H groups in total. The molecule has 0 aromatic carbocycles. The fourth-order valence-electron chi connectivity index (χ4n) is 8.81. The van der Waals surface area contributed by atoms with Gasteiger partial charge in [-0.3, -0.25) is 14.2 Å². The van der Waals surface area contributed by atoms with Crippen LogP contribution in [0.15, 0.2) is 0 Å². The number of hydrogen-bond acceptors (Lipinski definition) is 8. The average Bonchev–Trinajstić information content (AvgIpc) is 3.27. The Bertz CT molecular complexity index is 1060. The van der Waals surface area contributed by atoms with Crippen LogP contribution in [0.4, 0.5) is 0 Å². The molecule has 0 saturated heterocycles. The van der Waals surface area contributed by atoms with Gasteiger partial charge in [0.25, 0.3) is 0 Å². The van der Waals surface area contributed by atoms with Crippen molar-refractivity contribution in [2.45, 2.75) is 258 Å². The lowest BCUT2D eigenvalue weighted by Crippen LogP contribution is -2.29. The van der Waals surface area contributed by atoms with Gasteiger partial charge in [-0.05, 0) is 98.3 Å². The molecule has 0 amide bonds. The summed E-state index contributed by atoms with van der Waals surface area (Å²) in [4.78, 5) is 50.4. The van der Waals surface area contributed by atoms with Crippen LogP contribution in [-0.2, 0) is 23.6 Å². The maximum atomic E-state index is 12.2. The van der Waals surface area contributed by atoms with E-state index in [-0.39, 0.29) is 31.3 Å². The van der Waals surface area contributed by atoms with Crippen LogP contribution >= 0.6 is 7.60 Å². The van der Waals surface area contributed by atoms with Crippen molar-refractivity contribution < 1.29 is 33.4 Å². The van der Waals surface area contributed by atoms with Crippen molar-refractivity contribution in [1.82, 2.24) is 14.7 Å². The second-order valence-electron chi connectivity index (χ2n) is 19.8. The van der Waals surface area contributed by atoms with E-state index in [4.69, 9.17) is 9.47 Å². The van der Waals surface area contributed by atoms with Crippen molar-refractivity contribution in [3.8, 4) is 0 Å². The van der Waals surface area contributed by atoms with Crippen molar-refractivity contribution in [1.29, 1.82) is 0 Å². The van der Waals surface area contributed by atoms with Gasteiger partial charge in [0.1, 0.15) is 13.2 Å². The Morgan fingerprint density at radius 1 is 0.369 bits per heavy atom. The number of esters is 2. The summed E-state index contributed by atoms with van der Waals surface area (Å²) in [5.41, 5.74) is 0. The predicted octanol–water partition coefficient (Wildman–Crippen LogP) is 14.3. The first kappa shape index (κ1) is 64.0. The monoisotopic (exact) mass is 944 g/mol. The third kappa shape index (κ3) is 52.2. The van der Waals surface area contributed by atoms with E-state index in [9.17, 15) is 23.9 Å². The maximum absolute atomic E-state index is 12.2. The molecule has 0 aliphatic heterocycles. The highest BCUT2D eigenvalue weighted by atomic mass is 31.2. The standard InChI is InChI=1S/C54H110N3O7P/c1-5-7-9-11-13-15-18-24-30-36-44-56(48-40-43-55(3)4)45-37-31-26-20-17-22-28-34-41-53(58)63-50-51-64-54(59)42-35-29-23-21-27-33-39-47-57(49-52-65(60,61)62)46-38-32-25-19-16-14-12-10-8-6-2/h5-52H2,1-4H3,(H2,60,61,62). The van der Waals surface area contributed by atoms with E-state index in [1.54, 1.807) is 0 Å². The number of ether oxygens (including phenoxy) is 2. The largest absolute Gasteiger partial charge is 0.462 e. The van der Waals surface area contributed by atoms with Crippen molar-refractivity contribution in [3.63, 3.8) is 0 Å². The Morgan fingerprint density at radius 3 is 0.923 bits per heavy atom. The summed E-state index contributed by atoms with van der Waals surface area (Å²) in [5.74, 6) is -0.419. The third-order valence-electron chi connectivity index (χ3n) is 13.0. The van der Waals surface area contributed by atoms with Crippen LogP contribution < -0.4 is 0 Å². The highest BCUT2D eigenvalue weighted by Gasteiger charge is 2.16. The van der Waals surface area contributed by atoms with Crippen molar-refractivity contribution in [2.75, 3.05) is 79.3 Å². The lowest BCUT2D eigenvalue weighted by molar-refractivity contribution is -0.152. The molecule has 0 aliphatic carbocycles. The fraction of sp³-hybridized carbons (Fsp3) is 0.963. The Kier molecular flexibility index (Phi) is 48.6. The molecule has 0 aliphatic rings. The molecular weight excluding hydrogens is 834 g/mol. The molecule has 0 radical (unpaired) electrons. The van der Waals surface area contributed by atoms with E-state index < -0.39 is 7.60 Å². The topological polar surface area (TPSA) is 120 Å². The van der Waals surface area contributed by atoms with E-state index in [1.807, 2.05) is 0 Å². The second kappa shape index (κ2) is 49.4. The zero-order chi connectivity index (χ0) is 47.7. The molecular formula is C54H110N3O7P. The van der Waals surface area contributed by atoms with Crippen LogP contribution in [0.25, 0.3) is 0 Å². The summed E-state index contributed by atoms with van der Waals surface area (Å²) < 4.78 is 22.1. The van der Waals surface area contributed by atoms with Crippen LogP contribution in [0, 0.1) is 0 Å². The van der Waals surface area contributed by atoms with Crippen LogP contribution in [-0.4, -0.2) is 116 Å². The molecule has 11 heteroatoms. The van der Waals surface area contributed by atoms with Gasteiger partial charge < -0.3 is 34.0 Å². The van der Waals surface area contributed by atoms with Crippen molar-refractivity contribution in [2.24, 2.45) is 0 Å². The normalized spacial score (nSPS) is 12.0. The maximum Gasteiger partial charge on any atom is 0.326 e. The number of carbonyl (C=O) groups is 2. The van der Waals surface area contributed by atoms with Gasteiger partial charge in [0, 0.05) is 19.4 Å². The summed E-state index contributed by atoms with van der Waals surface area (Å²) in [5, 5.41) is 0. The Hall–Kier alpha value is -1.03. The highest BCUT2D eigenvalue weighted by molar-refractivity contribution is 7.51. The van der Waals surface area contributed by atoms with Crippen LogP contribution in [0.3, 0.4) is 0 Å². The molecule has 0 saturated carbocycles. The quantitative estimate of drug-likeness (QED) is 0.0346. The number of rotatable bonds is 53. The first-order valence-corrected chi connectivity index (χ1v) is 29.8. The Balaban J connectivity index is 3.80. The van der Waals surface area contributed by atoms with Crippen LogP contribution in [0.5, 0.6) is 0 Å². The van der Waals surface area contributed by atoms with Gasteiger partial charge >= 0.3 is 19.5 Å². The van der Waals surface area contributed by atoms with Gasteiger partial charge in [0.2, 0.25) is 0 Å². The van der Waals surface area contributed by atoms with Crippen molar-refractivity contribution in [3.05, 3.63) is 0 Å². The Labute approximate surface area is 403 Å². The molecule has 0 bridgehead atoms. The first-order valence-electron chi connectivity index (χ1n) is 28.0. The molecule has 0 aromatic rings. The minimum absolute atomic E-state index is 0.0594. The molecule has 0 atom stereocenters. The molecule has 0 aromatic heterocycles. The molecule has 0 spiro atoms. The number of carbonyl (C=O) groups excluding carboxylic acids is 2. The molecule has 65 heavy (non-hydrogen) atoms. The summed E-state index contributed by atoms with van der Waals surface area (Å²) in [6, 6.07) is 0. The summed E-state index contributed by atoms with van der Waals surface area (Å²) in [7, 11) is 0.368. The van der Waals surface area contributed by atoms with Crippen LogP contribution in [0.1, 0.15) is 258 Å². The summed E-state index contributed by atoms with van der Waals surface area (Å²) in [6.45, 7) is 12.0. The van der Waals surface area contributed by atoms with Crippen LogP contribution in [0.2, 0.25) is 0 Å². The predicted molar refractivity (Wildman–Crippen MR) is 277 cm³/mol.